The lowest BCUT2D eigenvalue weighted by molar-refractivity contribution is 0.202. The topological polar surface area (TPSA) is 84.3 Å². The largest absolute Gasteiger partial charge is 0.397 e. The van der Waals surface area contributed by atoms with E-state index in [4.69, 9.17) is 11.5 Å². The minimum absolute atomic E-state index is 0.101. The summed E-state index contributed by atoms with van der Waals surface area (Å²) in [5.41, 5.74) is 13.1. The molecule has 1 aromatic carbocycles. The second-order valence-electron chi connectivity index (χ2n) is 4.11. The van der Waals surface area contributed by atoms with Crippen LogP contribution in [0.2, 0.25) is 0 Å². The number of aliphatic hydroxyl groups is 1. The Labute approximate surface area is 96.6 Å². The minimum atomic E-state index is -0.275. The number of hydrogen-bond acceptors (Lipinski definition) is 4. The molecule has 0 heterocycles. The summed E-state index contributed by atoms with van der Waals surface area (Å²) >= 11 is 0. The average molecular weight is 223 g/mol. The Bertz CT molecular complexity index is 340. The van der Waals surface area contributed by atoms with E-state index < -0.39 is 0 Å². The van der Waals surface area contributed by atoms with Crippen molar-refractivity contribution in [3.63, 3.8) is 0 Å². The number of benzene rings is 1. The third-order valence-corrected chi connectivity index (χ3v) is 3.15. The molecular weight excluding hydrogens is 202 g/mol. The first-order valence-electron chi connectivity index (χ1n) is 5.61. The zero-order chi connectivity index (χ0) is 12.2. The van der Waals surface area contributed by atoms with Crippen LogP contribution in [0.5, 0.6) is 0 Å². The molecule has 0 aliphatic carbocycles. The van der Waals surface area contributed by atoms with Crippen molar-refractivity contribution in [1.29, 1.82) is 0 Å². The average Bonchev–Trinajstić information content (AvgIpc) is 2.31. The lowest BCUT2D eigenvalue weighted by atomic mass is 9.93. The van der Waals surface area contributed by atoms with E-state index in [2.05, 4.69) is 5.32 Å². The Morgan fingerprint density at radius 1 is 1.19 bits per heavy atom. The van der Waals surface area contributed by atoms with Crippen molar-refractivity contribution in [2.24, 2.45) is 0 Å². The van der Waals surface area contributed by atoms with Crippen molar-refractivity contribution in [2.75, 3.05) is 23.4 Å². The van der Waals surface area contributed by atoms with Crippen molar-refractivity contribution in [2.45, 2.75) is 32.2 Å². The van der Waals surface area contributed by atoms with E-state index in [0.29, 0.717) is 11.4 Å². The predicted octanol–water partition coefficient (Wildman–Crippen LogP) is 1.81. The van der Waals surface area contributed by atoms with Gasteiger partial charge in [-0.3, -0.25) is 0 Å². The minimum Gasteiger partial charge on any atom is -0.397 e. The van der Waals surface area contributed by atoms with Crippen molar-refractivity contribution in [3.05, 3.63) is 18.2 Å². The third-order valence-electron chi connectivity index (χ3n) is 3.15. The Hall–Kier alpha value is -1.42. The monoisotopic (exact) mass is 223 g/mol. The highest BCUT2D eigenvalue weighted by Crippen LogP contribution is 2.25. The fourth-order valence-electron chi connectivity index (χ4n) is 1.65. The number of anilines is 3. The molecule has 0 spiro atoms. The molecule has 0 atom stereocenters. The molecule has 16 heavy (non-hydrogen) atoms. The quantitative estimate of drug-likeness (QED) is 0.574. The molecule has 0 bridgehead atoms. The molecule has 90 valence electrons. The number of nitrogens with two attached hydrogens (primary N) is 2. The highest BCUT2D eigenvalue weighted by Gasteiger charge is 2.24. The lowest BCUT2D eigenvalue weighted by Gasteiger charge is -2.32. The second kappa shape index (κ2) is 5.07. The summed E-state index contributed by atoms with van der Waals surface area (Å²) in [5.74, 6) is 0. The molecule has 0 saturated carbocycles. The maximum absolute atomic E-state index is 9.44. The van der Waals surface area contributed by atoms with Crippen LogP contribution in [0.1, 0.15) is 26.7 Å². The molecule has 0 aromatic heterocycles. The second-order valence-corrected chi connectivity index (χ2v) is 4.11. The third kappa shape index (κ3) is 2.58. The normalized spacial score (nSPS) is 11.4. The molecule has 0 amide bonds. The summed E-state index contributed by atoms with van der Waals surface area (Å²) in [4.78, 5) is 0. The molecular formula is C12H21N3O. The number of nitrogen functional groups attached to an aromatic ring is 2. The molecule has 1 rings (SSSR count). The molecule has 0 saturated heterocycles. The van der Waals surface area contributed by atoms with Gasteiger partial charge in [-0.05, 0) is 31.0 Å². The first-order valence-corrected chi connectivity index (χ1v) is 5.61. The van der Waals surface area contributed by atoms with E-state index in [1.54, 1.807) is 12.1 Å². The maximum Gasteiger partial charge on any atom is 0.0661 e. The highest BCUT2D eigenvalue weighted by molar-refractivity contribution is 5.69. The molecule has 0 radical (unpaired) electrons. The van der Waals surface area contributed by atoms with E-state index in [1.165, 1.54) is 0 Å². The maximum atomic E-state index is 9.44. The van der Waals surface area contributed by atoms with Gasteiger partial charge in [-0.15, -0.1) is 0 Å². The molecule has 0 aliphatic heterocycles. The van der Waals surface area contributed by atoms with E-state index in [1.807, 2.05) is 19.9 Å². The van der Waals surface area contributed by atoms with E-state index in [0.717, 1.165) is 18.5 Å². The standard InChI is InChI=1S/C12H21N3O/c1-3-12(4-2,8-16)15-9-5-6-10(13)11(14)7-9/h5-7,15-16H,3-4,8,13-14H2,1-2H3. The number of nitrogens with one attached hydrogen (secondary N) is 1. The van der Waals surface area contributed by atoms with Crippen molar-refractivity contribution in [1.82, 2.24) is 0 Å². The van der Waals surface area contributed by atoms with Crippen molar-refractivity contribution < 1.29 is 5.11 Å². The highest BCUT2D eigenvalue weighted by atomic mass is 16.3. The Balaban J connectivity index is 2.89. The molecule has 4 nitrogen and oxygen atoms in total. The van der Waals surface area contributed by atoms with Crippen molar-refractivity contribution in [3.8, 4) is 0 Å². The van der Waals surface area contributed by atoms with Crippen LogP contribution >= 0.6 is 0 Å². The van der Waals surface area contributed by atoms with E-state index in [-0.39, 0.29) is 12.1 Å². The lowest BCUT2D eigenvalue weighted by Crippen LogP contribution is -2.40. The van der Waals surface area contributed by atoms with Crippen LogP contribution < -0.4 is 16.8 Å². The van der Waals surface area contributed by atoms with Gasteiger partial charge in [0.25, 0.3) is 0 Å². The summed E-state index contributed by atoms with van der Waals surface area (Å²) in [6.45, 7) is 4.20. The van der Waals surface area contributed by atoms with Crippen LogP contribution in [0.25, 0.3) is 0 Å². The summed E-state index contributed by atoms with van der Waals surface area (Å²) < 4.78 is 0. The van der Waals surface area contributed by atoms with Crippen LogP contribution in [0.3, 0.4) is 0 Å². The SMILES string of the molecule is CCC(CC)(CO)Nc1ccc(N)c(N)c1. The molecule has 0 fully saturated rings. The first kappa shape index (κ1) is 12.6. The first-order chi connectivity index (χ1) is 7.56. The van der Waals surface area contributed by atoms with Gasteiger partial charge in [0.05, 0.1) is 23.5 Å². The fourth-order valence-corrected chi connectivity index (χ4v) is 1.65. The van der Waals surface area contributed by atoms with Crippen LogP contribution in [0.4, 0.5) is 17.1 Å². The van der Waals surface area contributed by atoms with Gasteiger partial charge < -0.3 is 21.9 Å². The number of aliphatic hydroxyl groups excluding tert-OH is 1. The van der Waals surface area contributed by atoms with E-state index >= 15 is 0 Å². The van der Waals surface area contributed by atoms with Gasteiger partial charge in [-0.1, -0.05) is 13.8 Å². The van der Waals surface area contributed by atoms with Gasteiger partial charge in [0.15, 0.2) is 0 Å². The van der Waals surface area contributed by atoms with Crippen LogP contribution in [-0.4, -0.2) is 17.3 Å². The van der Waals surface area contributed by atoms with Gasteiger partial charge in [-0.25, -0.2) is 0 Å². The zero-order valence-electron chi connectivity index (χ0n) is 9.96. The fraction of sp³-hybridized carbons (Fsp3) is 0.500. The van der Waals surface area contributed by atoms with Gasteiger partial charge in [0.2, 0.25) is 0 Å². The Morgan fingerprint density at radius 2 is 1.81 bits per heavy atom. The van der Waals surface area contributed by atoms with Gasteiger partial charge in [0, 0.05) is 5.69 Å². The summed E-state index contributed by atoms with van der Waals surface area (Å²) in [7, 11) is 0. The molecule has 6 N–H and O–H groups in total. The molecule has 0 unspecified atom stereocenters. The summed E-state index contributed by atoms with van der Waals surface area (Å²) in [6.07, 6.45) is 1.70. The van der Waals surface area contributed by atoms with Gasteiger partial charge in [0.1, 0.15) is 0 Å². The molecule has 0 aliphatic rings. The predicted molar refractivity (Wildman–Crippen MR) is 69.3 cm³/mol. The smallest absolute Gasteiger partial charge is 0.0661 e. The van der Waals surface area contributed by atoms with Gasteiger partial charge >= 0.3 is 0 Å². The van der Waals surface area contributed by atoms with Crippen LogP contribution in [-0.2, 0) is 0 Å². The number of rotatable bonds is 5. The van der Waals surface area contributed by atoms with Crippen LogP contribution in [0, 0.1) is 0 Å². The molecule has 1 aromatic rings. The summed E-state index contributed by atoms with van der Waals surface area (Å²) in [5, 5.41) is 12.8. The Morgan fingerprint density at radius 3 is 2.25 bits per heavy atom. The Kier molecular flexibility index (Phi) is 4.01. The van der Waals surface area contributed by atoms with Gasteiger partial charge in [-0.2, -0.15) is 0 Å². The zero-order valence-corrected chi connectivity index (χ0v) is 9.96. The van der Waals surface area contributed by atoms with Crippen LogP contribution in [0.15, 0.2) is 18.2 Å². The molecule has 4 heteroatoms. The van der Waals surface area contributed by atoms with Crippen molar-refractivity contribution >= 4 is 17.1 Å². The van der Waals surface area contributed by atoms with E-state index in [9.17, 15) is 5.11 Å². The number of hydrogen-bond donors (Lipinski definition) is 4. The summed E-state index contributed by atoms with van der Waals surface area (Å²) in [6, 6.07) is 5.44.